The molecule has 0 aliphatic rings. The van der Waals surface area contributed by atoms with Crippen LogP contribution in [-0.4, -0.2) is 31.1 Å². The number of carbonyl (C=O) groups excluding carboxylic acids is 2. The van der Waals surface area contributed by atoms with Gasteiger partial charge in [0.15, 0.2) is 0 Å². The number of methoxy groups -OCH3 is 2. The van der Waals surface area contributed by atoms with Gasteiger partial charge in [-0.2, -0.15) is 0 Å². The average molecular weight is 511 g/mol. The summed E-state index contributed by atoms with van der Waals surface area (Å²) >= 11 is 0. The zero-order valence-electron chi connectivity index (χ0n) is 22.7. The molecular weight excluding hydrogens is 476 g/mol. The summed E-state index contributed by atoms with van der Waals surface area (Å²) in [5, 5.41) is 1.62. The van der Waals surface area contributed by atoms with Gasteiger partial charge in [-0.3, -0.25) is 9.69 Å². The second kappa shape index (κ2) is 11.6. The molecule has 1 heterocycles. The second-order valence-corrected chi connectivity index (χ2v) is 10.6. The van der Waals surface area contributed by atoms with Gasteiger partial charge in [-0.15, -0.1) is 0 Å². The molecule has 0 N–H and O–H groups in total. The first-order valence-corrected chi connectivity index (χ1v) is 12.6. The minimum atomic E-state index is -0.403. The zero-order chi connectivity index (χ0) is 27.3. The van der Waals surface area contributed by atoms with Gasteiger partial charge >= 0.3 is 5.97 Å². The number of ether oxygens (including phenoxy) is 2. The highest BCUT2D eigenvalue weighted by Crippen LogP contribution is 2.30. The molecular formula is C32H34N2O4. The third-order valence-electron chi connectivity index (χ3n) is 6.30. The van der Waals surface area contributed by atoms with Gasteiger partial charge in [0.2, 0.25) is 5.91 Å². The maximum Gasteiger partial charge on any atom is 0.337 e. The predicted octanol–water partition coefficient (Wildman–Crippen LogP) is 6.80. The number of esters is 1. The Morgan fingerprint density at radius 2 is 1.47 bits per heavy atom. The molecule has 0 aliphatic heterocycles. The summed E-state index contributed by atoms with van der Waals surface area (Å²) in [7, 11) is 3.05. The van der Waals surface area contributed by atoms with Crippen LogP contribution >= 0.6 is 0 Å². The van der Waals surface area contributed by atoms with Gasteiger partial charge < -0.3 is 9.47 Å². The SMILES string of the molecule is COCc1ccc(-c2ccc(CN(C(=O)CC(C)(C)C)c3nccc4cc(C(=O)OC)ccc34)cc2)cc1. The molecule has 38 heavy (non-hydrogen) atoms. The number of rotatable bonds is 8. The van der Waals surface area contributed by atoms with E-state index in [1.54, 1.807) is 30.3 Å². The van der Waals surface area contributed by atoms with Gasteiger partial charge in [0, 0.05) is 25.1 Å². The maximum atomic E-state index is 13.6. The molecule has 6 heteroatoms. The first kappa shape index (κ1) is 27.0. The van der Waals surface area contributed by atoms with Crippen molar-refractivity contribution in [2.45, 2.75) is 40.3 Å². The molecule has 4 aromatic rings. The van der Waals surface area contributed by atoms with Crippen molar-refractivity contribution >= 4 is 28.5 Å². The quantitative estimate of drug-likeness (QED) is 0.244. The molecule has 0 atom stereocenters. The molecule has 0 aliphatic carbocycles. The zero-order valence-corrected chi connectivity index (χ0v) is 22.7. The van der Waals surface area contributed by atoms with Crippen molar-refractivity contribution in [1.29, 1.82) is 0 Å². The first-order chi connectivity index (χ1) is 18.2. The van der Waals surface area contributed by atoms with Crippen LogP contribution in [0.25, 0.3) is 21.9 Å². The summed E-state index contributed by atoms with van der Waals surface area (Å²) < 4.78 is 10.1. The van der Waals surface area contributed by atoms with Crippen LogP contribution < -0.4 is 4.90 Å². The van der Waals surface area contributed by atoms with E-state index < -0.39 is 5.97 Å². The lowest BCUT2D eigenvalue weighted by Gasteiger charge is -2.27. The first-order valence-electron chi connectivity index (χ1n) is 12.6. The third kappa shape index (κ3) is 6.45. The van der Waals surface area contributed by atoms with Crippen molar-refractivity contribution in [2.75, 3.05) is 19.1 Å². The Labute approximate surface area is 224 Å². The minimum absolute atomic E-state index is 0.00708. The summed E-state index contributed by atoms with van der Waals surface area (Å²) in [6, 6.07) is 23.7. The Morgan fingerprint density at radius 3 is 2.05 bits per heavy atom. The molecule has 0 saturated carbocycles. The molecule has 0 spiro atoms. The summed E-state index contributed by atoms with van der Waals surface area (Å²) in [6.07, 6.45) is 2.05. The van der Waals surface area contributed by atoms with Crippen LogP contribution in [0.2, 0.25) is 0 Å². The van der Waals surface area contributed by atoms with E-state index in [1.807, 2.05) is 12.1 Å². The van der Waals surface area contributed by atoms with Gasteiger partial charge in [0.05, 0.1) is 25.8 Å². The Kier molecular flexibility index (Phi) is 8.23. The molecule has 0 unspecified atom stereocenters. The molecule has 6 nitrogen and oxygen atoms in total. The molecule has 4 rings (SSSR count). The van der Waals surface area contributed by atoms with Crippen molar-refractivity contribution in [3.63, 3.8) is 0 Å². The fourth-order valence-corrected chi connectivity index (χ4v) is 4.40. The van der Waals surface area contributed by atoms with E-state index in [-0.39, 0.29) is 11.3 Å². The highest BCUT2D eigenvalue weighted by Gasteiger charge is 2.25. The lowest BCUT2D eigenvalue weighted by Crippen LogP contribution is -2.34. The fraction of sp³-hybridized carbons (Fsp3) is 0.281. The van der Waals surface area contributed by atoms with Crippen molar-refractivity contribution in [2.24, 2.45) is 5.41 Å². The smallest absolute Gasteiger partial charge is 0.337 e. The third-order valence-corrected chi connectivity index (χ3v) is 6.30. The Morgan fingerprint density at radius 1 is 0.842 bits per heavy atom. The van der Waals surface area contributed by atoms with Crippen LogP contribution in [0, 0.1) is 5.41 Å². The lowest BCUT2D eigenvalue weighted by molar-refractivity contribution is -0.120. The number of fused-ring (bicyclic) bond motifs is 1. The summed E-state index contributed by atoms with van der Waals surface area (Å²) in [4.78, 5) is 32.0. The van der Waals surface area contributed by atoms with Crippen LogP contribution in [0.1, 0.15) is 48.7 Å². The number of nitrogens with zero attached hydrogens (tertiary/aromatic N) is 2. The van der Waals surface area contributed by atoms with Crippen molar-refractivity contribution in [3.8, 4) is 11.1 Å². The van der Waals surface area contributed by atoms with Gasteiger partial charge in [0.1, 0.15) is 5.82 Å². The number of aromatic nitrogens is 1. The largest absolute Gasteiger partial charge is 0.465 e. The van der Waals surface area contributed by atoms with E-state index in [1.165, 1.54) is 7.11 Å². The van der Waals surface area contributed by atoms with E-state index >= 15 is 0 Å². The van der Waals surface area contributed by atoms with E-state index in [2.05, 4.69) is 74.3 Å². The molecule has 1 amide bonds. The molecule has 3 aromatic carbocycles. The molecule has 0 radical (unpaired) electrons. The number of amides is 1. The molecule has 0 fully saturated rings. The Hall–Kier alpha value is -4.03. The van der Waals surface area contributed by atoms with E-state index in [4.69, 9.17) is 9.47 Å². The van der Waals surface area contributed by atoms with Gasteiger partial charge in [0.25, 0.3) is 0 Å². The summed E-state index contributed by atoms with van der Waals surface area (Å²) in [5.41, 5.74) is 4.62. The normalized spacial score (nSPS) is 11.4. The van der Waals surface area contributed by atoms with Crippen LogP contribution in [0.5, 0.6) is 0 Å². The maximum absolute atomic E-state index is 13.6. The highest BCUT2D eigenvalue weighted by molar-refractivity contribution is 6.04. The molecule has 196 valence electrons. The lowest BCUT2D eigenvalue weighted by atomic mass is 9.91. The second-order valence-electron chi connectivity index (χ2n) is 10.6. The van der Waals surface area contributed by atoms with Gasteiger partial charge in [-0.25, -0.2) is 9.78 Å². The monoisotopic (exact) mass is 510 g/mol. The van der Waals surface area contributed by atoms with Crippen molar-refractivity contribution in [3.05, 3.63) is 95.7 Å². The fourth-order valence-electron chi connectivity index (χ4n) is 4.40. The van der Waals surface area contributed by atoms with Crippen LogP contribution in [0.4, 0.5) is 5.82 Å². The van der Waals surface area contributed by atoms with Crippen molar-refractivity contribution in [1.82, 2.24) is 4.98 Å². The molecule has 0 bridgehead atoms. The van der Waals surface area contributed by atoms with E-state index in [0.717, 1.165) is 33.0 Å². The van der Waals surface area contributed by atoms with Gasteiger partial charge in [-0.05, 0) is 57.3 Å². The number of hydrogen-bond donors (Lipinski definition) is 0. The van der Waals surface area contributed by atoms with Crippen LogP contribution in [0.3, 0.4) is 0 Å². The highest BCUT2D eigenvalue weighted by atomic mass is 16.5. The minimum Gasteiger partial charge on any atom is -0.465 e. The number of benzene rings is 3. The molecule has 0 saturated heterocycles. The average Bonchev–Trinajstić information content (AvgIpc) is 2.90. The number of pyridine rings is 1. The van der Waals surface area contributed by atoms with Crippen LogP contribution in [0.15, 0.2) is 79.0 Å². The Bertz CT molecular complexity index is 1420. The summed E-state index contributed by atoms with van der Waals surface area (Å²) in [6.45, 7) is 7.12. The van der Waals surface area contributed by atoms with Gasteiger partial charge in [-0.1, -0.05) is 69.3 Å². The number of anilines is 1. The van der Waals surface area contributed by atoms with Crippen molar-refractivity contribution < 1.29 is 19.1 Å². The molecule has 1 aromatic heterocycles. The van der Waals surface area contributed by atoms with E-state index in [0.29, 0.717) is 31.0 Å². The Balaban J connectivity index is 1.66. The van der Waals surface area contributed by atoms with Crippen LogP contribution in [-0.2, 0) is 27.4 Å². The standard InChI is InChI=1S/C32H34N2O4/c1-32(2,3)19-29(35)34(30-28-15-14-27(31(36)38-5)18-26(28)16-17-33-30)20-22-6-10-24(11-7-22)25-12-8-23(9-13-25)21-37-4/h6-18H,19-21H2,1-5H3. The topological polar surface area (TPSA) is 68.7 Å². The number of carbonyl (C=O) groups is 2. The summed E-state index contributed by atoms with van der Waals surface area (Å²) in [5.74, 6) is 0.165. The number of hydrogen-bond acceptors (Lipinski definition) is 5. The van der Waals surface area contributed by atoms with E-state index in [9.17, 15) is 9.59 Å². The predicted molar refractivity (Wildman–Crippen MR) is 151 cm³/mol.